The number of ether oxygens (including phenoxy) is 2. The van der Waals surface area contributed by atoms with Gasteiger partial charge in [-0.1, -0.05) is 37.1 Å². The number of hydrogen-bond donors (Lipinski definition) is 6. The maximum Gasteiger partial charge on any atom is 0.422 e. The second kappa shape index (κ2) is 16.7. The van der Waals surface area contributed by atoms with Crippen molar-refractivity contribution < 1.29 is 32.5 Å². The van der Waals surface area contributed by atoms with Crippen LogP contribution in [0.4, 0.5) is 30.8 Å². The van der Waals surface area contributed by atoms with Crippen molar-refractivity contribution in [2.45, 2.75) is 51.0 Å². The summed E-state index contributed by atoms with van der Waals surface area (Å²) < 4.78 is 49.0. The molecule has 0 spiro atoms. The molecular weight excluding hydrogens is 593 g/mol. The van der Waals surface area contributed by atoms with E-state index in [0.29, 0.717) is 45.0 Å². The van der Waals surface area contributed by atoms with Crippen LogP contribution in [-0.4, -0.2) is 71.1 Å². The molecule has 1 fully saturated rings. The van der Waals surface area contributed by atoms with Gasteiger partial charge in [0.1, 0.15) is 5.75 Å². The zero-order valence-corrected chi connectivity index (χ0v) is 24.8. The van der Waals surface area contributed by atoms with Crippen LogP contribution in [0.15, 0.2) is 48.5 Å². The number of hydrogen-bond acceptors (Lipinski definition) is 11. The number of carboxylic acid groups (broad SMARTS) is 1. The molecule has 15 heteroatoms. The van der Waals surface area contributed by atoms with Gasteiger partial charge in [0.2, 0.25) is 11.9 Å². The second-order valence-corrected chi connectivity index (χ2v) is 10.6. The zero-order valence-electron chi connectivity index (χ0n) is 24.8. The molecule has 3 aromatic rings. The van der Waals surface area contributed by atoms with Crippen LogP contribution in [0.25, 0.3) is 0 Å². The predicted octanol–water partition coefficient (Wildman–Crippen LogP) is 3.83. The molecule has 0 unspecified atom stereocenters. The highest BCUT2D eigenvalue weighted by molar-refractivity contribution is 5.71. The summed E-state index contributed by atoms with van der Waals surface area (Å²) in [6.45, 7) is 1.52. The van der Waals surface area contributed by atoms with Crippen LogP contribution in [0, 0.1) is 5.92 Å². The molecular formula is C30H39F3N8O4. The van der Waals surface area contributed by atoms with Crippen molar-refractivity contribution >= 4 is 23.6 Å². The molecule has 0 saturated carbocycles. The molecule has 2 atom stereocenters. The van der Waals surface area contributed by atoms with Gasteiger partial charge in [-0.25, -0.2) is 0 Å². The fourth-order valence-corrected chi connectivity index (χ4v) is 4.61. The summed E-state index contributed by atoms with van der Waals surface area (Å²) >= 11 is 0. The van der Waals surface area contributed by atoms with E-state index in [1.165, 1.54) is 0 Å². The summed E-state index contributed by atoms with van der Waals surface area (Å²) in [4.78, 5) is 23.7. The van der Waals surface area contributed by atoms with Gasteiger partial charge in [-0.3, -0.25) is 4.79 Å². The van der Waals surface area contributed by atoms with Crippen LogP contribution in [-0.2, 0) is 17.9 Å². The Labute approximate surface area is 259 Å². The Morgan fingerprint density at radius 2 is 1.60 bits per heavy atom. The van der Waals surface area contributed by atoms with E-state index in [9.17, 15) is 23.1 Å². The minimum absolute atomic E-state index is 0.00732. The number of aliphatic carboxylic acids is 1. The van der Waals surface area contributed by atoms with E-state index in [-0.39, 0.29) is 17.9 Å². The molecule has 1 aromatic heterocycles. The first-order chi connectivity index (χ1) is 21.7. The quantitative estimate of drug-likeness (QED) is 0.112. The van der Waals surface area contributed by atoms with E-state index in [1.54, 1.807) is 12.1 Å². The van der Waals surface area contributed by atoms with Crippen LogP contribution >= 0.6 is 0 Å². The topological polar surface area (TPSA) is 169 Å². The molecule has 0 aliphatic carbocycles. The van der Waals surface area contributed by atoms with Gasteiger partial charge in [0, 0.05) is 37.9 Å². The molecule has 2 heterocycles. The van der Waals surface area contributed by atoms with E-state index >= 15 is 0 Å². The largest absolute Gasteiger partial charge is 0.494 e. The summed E-state index contributed by atoms with van der Waals surface area (Å²) in [6.07, 6.45) is -0.451. The van der Waals surface area contributed by atoms with Gasteiger partial charge in [0.05, 0.1) is 12.5 Å². The smallest absolute Gasteiger partial charge is 0.422 e. The van der Waals surface area contributed by atoms with Crippen molar-refractivity contribution in [1.82, 2.24) is 25.6 Å². The lowest BCUT2D eigenvalue weighted by atomic mass is 10.0. The first-order valence-corrected chi connectivity index (χ1v) is 14.8. The van der Waals surface area contributed by atoms with E-state index < -0.39 is 30.7 Å². The zero-order chi connectivity index (χ0) is 32.1. The van der Waals surface area contributed by atoms with Crippen molar-refractivity contribution in [2.75, 3.05) is 43.5 Å². The summed E-state index contributed by atoms with van der Waals surface area (Å²) in [5.74, 6) is -0.570. The molecule has 0 radical (unpaired) electrons. The number of anilines is 3. The average molecular weight is 633 g/mol. The molecule has 12 nitrogen and oxygen atoms in total. The molecule has 2 aromatic carbocycles. The maximum atomic E-state index is 12.8. The van der Waals surface area contributed by atoms with E-state index in [1.807, 2.05) is 36.4 Å². The van der Waals surface area contributed by atoms with E-state index in [4.69, 9.17) is 15.2 Å². The van der Waals surface area contributed by atoms with Crippen LogP contribution in [0.5, 0.6) is 11.8 Å². The highest BCUT2D eigenvalue weighted by Gasteiger charge is 2.32. The van der Waals surface area contributed by atoms with Gasteiger partial charge < -0.3 is 41.6 Å². The molecule has 0 bridgehead atoms. The Morgan fingerprint density at radius 3 is 2.31 bits per heavy atom. The number of nitrogens with zero attached hydrogens (tertiary/aromatic N) is 3. The number of nitrogens with one attached hydrogen (secondary N) is 4. The molecule has 0 amide bonds. The SMILES string of the molecule is NCCCCCCOc1ccc(CNc2nc(Nc3ccc(CN[C@H]4CNC[C@@H]4C(=O)O)cc3)nc(OCC(F)(F)F)n2)cc1. The Morgan fingerprint density at radius 1 is 0.911 bits per heavy atom. The molecule has 1 saturated heterocycles. The number of nitrogens with two attached hydrogens (primary N) is 1. The molecule has 7 N–H and O–H groups in total. The number of unbranched alkanes of at least 4 members (excludes halogenated alkanes) is 3. The van der Waals surface area contributed by atoms with Crippen molar-refractivity contribution in [3.63, 3.8) is 0 Å². The molecule has 4 rings (SSSR count). The van der Waals surface area contributed by atoms with Crippen LogP contribution < -0.4 is 36.5 Å². The highest BCUT2D eigenvalue weighted by Crippen LogP contribution is 2.21. The van der Waals surface area contributed by atoms with Crippen molar-refractivity contribution in [3.05, 3.63) is 59.7 Å². The highest BCUT2D eigenvalue weighted by atomic mass is 19.4. The first-order valence-electron chi connectivity index (χ1n) is 14.8. The minimum Gasteiger partial charge on any atom is -0.494 e. The van der Waals surface area contributed by atoms with Crippen molar-refractivity contribution in [2.24, 2.45) is 11.7 Å². The molecule has 244 valence electrons. The van der Waals surface area contributed by atoms with Gasteiger partial charge in [-0.2, -0.15) is 28.1 Å². The van der Waals surface area contributed by atoms with Crippen LogP contribution in [0.2, 0.25) is 0 Å². The second-order valence-electron chi connectivity index (χ2n) is 10.6. The number of halogens is 3. The van der Waals surface area contributed by atoms with Gasteiger partial charge in [-0.05, 0) is 54.8 Å². The summed E-state index contributed by atoms with van der Waals surface area (Å²) in [7, 11) is 0. The van der Waals surface area contributed by atoms with Gasteiger partial charge in [0.25, 0.3) is 0 Å². The molecule has 45 heavy (non-hydrogen) atoms. The summed E-state index contributed by atoms with van der Waals surface area (Å²) in [6, 6.07) is 14.0. The predicted molar refractivity (Wildman–Crippen MR) is 163 cm³/mol. The normalized spacial score (nSPS) is 16.4. The number of carboxylic acids is 1. The molecule has 1 aliphatic heterocycles. The fourth-order valence-electron chi connectivity index (χ4n) is 4.61. The summed E-state index contributed by atoms with van der Waals surface area (Å²) in [5, 5.41) is 21.7. The average Bonchev–Trinajstić information content (AvgIpc) is 3.50. The first kappa shape index (κ1) is 33.7. The van der Waals surface area contributed by atoms with Gasteiger partial charge >= 0.3 is 18.2 Å². The lowest BCUT2D eigenvalue weighted by Gasteiger charge is -2.16. The Hall–Kier alpha value is -4.21. The Bertz CT molecular complexity index is 1350. The Kier molecular flexibility index (Phi) is 12.5. The van der Waals surface area contributed by atoms with Gasteiger partial charge in [-0.15, -0.1) is 0 Å². The molecule has 1 aliphatic rings. The van der Waals surface area contributed by atoms with Crippen LogP contribution in [0.1, 0.15) is 36.8 Å². The van der Waals surface area contributed by atoms with Crippen molar-refractivity contribution in [3.8, 4) is 11.8 Å². The lowest BCUT2D eigenvalue weighted by Crippen LogP contribution is -2.38. The monoisotopic (exact) mass is 632 g/mol. The third-order valence-electron chi connectivity index (χ3n) is 7.03. The summed E-state index contributed by atoms with van der Waals surface area (Å²) in [5.41, 5.74) is 7.89. The Balaban J connectivity index is 1.34. The maximum absolute atomic E-state index is 12.8. The third-order valence-corrected chi connectivity index (χ3v) is 7.03. The van der Waals surface area contributed by atoms with E-state index in [0.717, 1.165) is 42.6 Å². The number of carbonyl (C=O) groups is 1. The number of benzene rings is 2. The third kappa shape index (κ3) is 11.7. The standard InChI is InChI=1S/C30H39F3N8O4/c31-30(32,33)19-45-29-40-27(37-16-21-7-11-23(12-8-21)44-14-4-2-1-3-13-34)39-28(41-29)38-22-9-5-20(6-10-22)15-36-25-18-35-17-24(25)26(42)43/h5-12,24-25,35-36H,1-4,13-19,34H2,(H,42,43)(H2,37,38,39,40,41)/t24-,25-/m0/s1. The minimum atomic E-state index is -4.56. The number of aromatic nitrogens is 3. The number of rotatable bonds is 18. The van der Waals surface area contributed by atoms with Crippen molar-refractivity contribution in [1.29, 1.82) is 0 Å². The number of alkyl halides is 3. The lowest BCUT2D eigenvalue weighted by molar-refractivity contribution is -0.154. The van der Waals surface area contributed by atoms with Crippen LogP contribution in [0.3, 0.4) is 0 Å². The fraction of sp³-hybridized carbons (Fsp3) is 0.467. The van der Waals surface area contributed by atoms with Gasteiger partial charge in [0.15, 0.2) is 6.61 Å². The van der Waals surface area contributed by atoms with E-state index in [2.05, 4.69) is 36.2 Å².